The van der Waals surface area contributed by atoms with Crippen molar-refractivity contribution in [2.45, 2.75) is 6.92 Å². The largest absolute Gasteiger partial charge is 0.479 e. The third-order valence-electron chi connectivity index (χ3n) is 1.74. The van der Waals surface area contributed by atoms with Gasteiger partial charge in [-0.15, -0.1) is 0 Å². The average Bonchev–Trinajstić information content (AvgIpc) is 2.26. The second-order valence-corrected chi connectivity index (χ2v) is 2.79. The van der Waals surface area contributed by atoms with E-state index in [1.807, 2.05) is 6.92 Å². The van der Waals surface area contributed by atoms with Gasteiger partial charge in [0.25, 0.3) is 0 Å². The van der Waals surface area contributed by atoms with Crippen LogP contribution in [0, 0.1) is 0 Å². The van der Waals surface area contributed by atoms with E-state index in [4.69, 9.17) is 19.9 Å². The summed E-state index contributed by atoms with van der Waals surface area (Å²) in [5, 5.41) is 0. The summed E-state index contributed by atoms with van der Waals surface area (Å²) in [6, 6.07) is 3.39. The molecule has 0 spiro atoms. The van der Waals surface area contributed by atoms with Gasteiger partial charge in [-0.3, -0.25) is 0 Å². The number of nitrogen functional groups attached to an aromatic ring is 1. The Morgan fingerprint density at radius 3 is 2.80 bits per heavy atom. The molecule has 0 bridgehead atoms. The first-order valence-corrected chi connectivity index (χ1v) is 4.79. The van der Waals surface area contributed by atoms with Gasteiger partial charge in [0.05, 0.1) is 19.4 Å². The molecule has 84 valence electrons. The van der Waals surface area contributed by atoms with Crippen molar-refractivity contribution in [3.8, 4) is 11.8 Å². The van der Waals surface area contributed by atoms with Crippen molar-refractivity contribution < 1.29 is 14.2 Å². The van der Waals surface area contributed by atoms with Gasteiger partial charge in [0, 0.05) is 12.7 Å². The molecule has 1 aromatic heterocycles. The van der Waals surface area contributed by atoms with Crippen LogP contribution < -0.4 is 15.2 Å². The number of hydrogen-bond donors (Lipinski definition) is 1. The van der Waals surface area contributed by atoms with Crippen LogP contribution in [0.5, 0.6) is 11.8 Å². The van der Waals surface area contributed by atoms with Crippen LogP contribution in [0.3, 0.4) is 0 Å². The predicted octanol–water partition coefficient (Wildman–Crippen LogP) is 1.09. The van der Waals surface area contributed by atoms with Crippen molar-refractivity contribution in [1.82, 2.24) is 4.98 Å². The zero-order valence-corrected chi connectivity index (χ0v) is 9.03. The van der Waals surface area contributed by atoms with Gasteiger partial charge in [0.1, 0.15) is 6.61 Å². The zero-order valence-electron chi connectivity index (χ0n) is 9.03. The monoisotopic (exact) mass is 212 g/mol. The molecule has 0 aromatic carbocycles. The van der Waals surface area contributed by atoms with Gasteiger partial charge in [0.2, 0.25) is 11.8 Å². The lowest BCUT2D eigenvalue weighted by atomic mass is 10.4. The maximum Gasteiger partial charge on any atom is 0.240 e. The number of methoxy groups -OCH3 is 1. The van der Waals surface area contributed by atoms with E-state index in [1.54, 1.807) is 12.1 Å². The van der Waals surface area contributed by atoms with Crippen molar-refractivity contribution in [3.05, 3.63) is 12.1 Å². The van der Waals surface area contributed by atoms with E-state index in [1.165, 1.54) is 7.11 Å². The molecule has 0 atom stereocenters. The molecule has 0 aliphatic rings. The Bertz CT molecular complexity index is 305. The van der Waals surface area contributed by atoms with E-state index < -0.39 is 0 Å². The van der Waals surface area contributed by atoms with Gasteiger partial charge in [0.15, 0.2) is 0 Å². The number of pyridine rings is 1. The second kappa shape index (κ2) is 6.08. The van der Waals surface area contributed by atoms with Crippen LogP contribution in [0.1, 0.15) is 6.92 Å². The standard InChI is InChI=1S/C10H16N2O3/c1-3-14-6-7-15-9-5-4-8(11)10(12-9)13-2/h4-5H,3,6-7,11H2,1-2H3. The molecule has 1 heterocycles. The highest BCUT2D eigenvalue weighted by Crippen LogP contribution is 2.21. The van der Waals surface area contributed by atoms with Crippen LogP contribution in [0.4, 0.5) is 5.69 Å². The van der Waals surface area contributed by atoms with Crippen molar-refractivity contribution in [2.75, 3.05) is 32.7 Å². The van der Waals surface area contributed by atoms with Crippen molar-refractivity contribution in [2.24, 2.45) is 0 Å². The minimum Gasteiger partial charge on any atom is -0.479 e. The van der Waals surface area contributed by atoms with Crippen LogP contribution in [-0.4, -0.2) is 31.9 Å². The molecule has 5 heteroatoms. The van der Waals surface area contributed by atoms with Gasteiger partial charge >= 0.3 is 0 Å². The summed E-state index contributed by atoms with van der Waals surface area (Å²) in [7, 11) is 1.52. The Morgan fingerprint density at radius 1 is 1.33 bits per heavy atom. The molecule has 0 amide bonds. The molecular formula is C10H16N2O3. The van der Waals surface area contributed by atoms with E-state index in [-0.39, 0.29) is 0 Å². The molecule has 5 nitrogen and oxygen atoms in total. The number of ether oxygens (including phenoxy) is 3. The quantitative estimate of drug-likeness (QED) is 0.715. The third kappa shape index (κ3) is 3.63. The van der Waals surface area contributed by atoms with Crippen LogP contribution in [0.15, 0.2) is 12.1 Å². The molecule has 1 rings (SSSR count). The molecule has 0 saturated carbocycles. The lowest BCUT2D eigenvalue weighted by molar-refractivity contribution is 0.108. The smallest absolute Gasteiger partial charge is 0.240 e. The van der Waals surface area contributed by atoms with Crippen molar-refractivity contribution in [1.29, 1.82) is 0 Å². The highest BCUT2D eigenvalue weighted by atomic mass is 16.5. The van der Waals surface area contributed by atoms with Crippen LogP contribution in [0.2, 0.25) is 0 Å². The summed E-state index contributed by atoms with van der Waals surface area (Å²) >= 11 is 0. The zero-order chi connectivity index (χ0) is 11.1. The Kier molecular flexibility index (Phi) is 4.70. The molecule has 0 aliphatic heterocycles. The van der Waals surface area contributed by atoms with Gasteiger partial charge in [-0.05, 0) is 13.0 Å². The first-order valence-electron chi connectivity index (χ1n) is 4.79. The average molecular weight is 212 g/mol. The summed E-state index contributed by atoms with van der Waals surface area (Å²) in [6.07, 6.45) is 0. The lowest BCUT2D eigenvalue weighted by Gasteiger charge is -2.07. The minimum absolute atomic E-state index is 0.379. The normalized spacial score (nSPS) is 10.0. The van der Waals surface area contributed by atoms with E-state index >= 15 is 0 Å². The fraction of sp³-hybridized carbons (Fsp3) is 0.500. The molecule has 0 aliphatic carbocycles. The lowest BCUT2D eigenvalue weighted by Crippen LogP contribution is -2.07. The van der Waals surface area contributed by atoms with E-state index in [2.05, 4.69) is 4.98 Å². The molecule has 0 unspecified atom stereocenters. The van der Waals surface area contributed by atoms with E-state index in [0.717, 1.165) is 0 Å². The van der Waals surface area contributed by atoms with Gasteiger partial charge in [-0.1, -0.05) is 0 Å². The number of anilines is 1. The van der Waals surface area contributed by atoms with Crippen molar-refractivity contribution in [3.63, 3.8) is 0 Å². The first-order chi connectivity index (χ1) is 7.27. The van der Waals surface area contributed by atoms with Crippen LogP contribution >= 0.6 is 0 Å². The number of nitrogens with zero attached hydrogens (tertiary/aromatic N) is 1. The number of hydrogen-bond acceptors (Lipinski definition) is 5. The Labute approximate surface area is 89.2 Å². The topological polar surface area (TPSA) is 66.6 Å². The maximum atomic E-state index is 5.61. The summed E-state index contributed by atoms with van der Waals surface area (Å²) in [4.78, 5) is 4.06. The van der Waals surface area contributed by atoms with Gasteiger partial charge in [-0.2, -0.15) is 4.98 Å². The molecule has 0 saturated heterocycles. The number of aromatic nitrogens is 1. The summed E-state index contributed by atoms with van der Waals surface area (Å²) in [5.41, 5.74) is 6.10. The number of rotatable bonds is 6. The highest BCUT2D eigenvalue weighted by Gasteiger charge is 2.03. The summed E-state index contributed by atoms with van der Waals surface area (Å²) in [6.45, 7) is 3.63. The Morgan fingerprint density at radius 2 is 2.13 bits per heavy atom. The van der Waals surface area contributed by atoms with Crippen LogP contribution in [0.25, 0.3) is 0 Å². The first kappa shape index (κ1) is 11.6. The molecular weight excluding hydrogens is 196 g/mol. The molecule has 15 heavy (non-hydrogen) atoms. The summed E-state index contributed by atoms with van der Waals surface area (Å²) < 4.78 is 15.4. The van der Waals surface area contributed by atoms with Gasteiger partial charge in [-0.25, -0.2) is 0 Å². The second-order valence-electron chi connectivity index (χ2n) is 2.79. The predicted molar refractivity (Wildman–Crippen MR) is 57.2 cm³/mol. The van der Waals surface area contributed by atoms with Crippen molar-refractivity contribution >= 4 is 5.69 Å². The molecule has 0 radical (unpaired) electrons. The van der Waals surface area contributed by atoms with Crippen LogP contribution in [-0.2, 0) is 4.74 Å². The number of nitrogens with two attached hydrogens (primary N) is 1. The van der Waals surface area contributed by atoms with Gasteiger partial charge < -0.3 is 19.9 Å². The molecule has 2 N–H and O–H groups in total. The third-order valence-corrected chi connectivity index (χ3v) is 1.74. The fourth-order valence-electron chi connectivity index (χ4n) is 1.03. The molecule has 0 fully saturated rings. The maximum absolute atomic E-state index is 5.61. The SMILES string of the molecule is CCOCCOc1ccc(N)c(OC)n1. The Hall–Kier alpha value is -1.49. The minimum atomic E-state index is 0.379. The van der Waals surface area contributed by atoms with E-state index in [9.17, 15) is 0 Å². The Balaban J connectivity index is 2.47. The van der Waals surface area contributed by atoms with E-state index in [0.29, 0.717) is 37.3 Å². The summed E-state index contributed by atoms with van der Waals surface area (Å²) in [5.74, 6) is 0.865. The fourth-order valence-corrected chi connectivity index (χ4v) is 1.03. The molecule has 1 aromatic rings. The highest BCUT2D eigenvalue weighted by molar-refractivity contribution is 5.49.